The van der Waals surface area contributed by atoms with E-state index in [9.17, 15) is 14.9 Å². The average molecular weight is 337 g/mol. The van der Waals surface area contributed by atoms with E-state index < -0.39 is 11.2 Å². The summed E-state index contributed by atoms with van der Waals surface area (Å²) in [6, 6.07) is 11.3. The zero-order chi connectivity index (χ0) is 18.0. The summed E-state index contributed by atoms with van der Waals surface area (Å²) in [4.78, 5) is 28.4. The van der Waals surface area contributed by atoms with Crippen molar-refractivity contribution >= 4 is 5.82 Å². The number of rotatable bonds is 4. The van der Waals surface area contributed by atoms with E-state index in [4.69, 9.17) is 0 Å². The summed E-state index contributed by atoms with van der Waals surface area (Å²) in [7, 11) is 2.82. The fraction of sp³-hybridized carbons (Fsp3) is 0.188. The highest BCUT2D eigenvalue weighted by molar-refractivity contribution is 5.54. The molecule has 2 N–H and O–H groups in total. The van der Waals surface area contributed by atoms with Gasteiger partial charge in [-0.2, -0.15) is 10.4 Å². The van der Waals surface area contributed by atoms with E-state index in [0.717, 1.165) is 10.1 Å². The topological polar surface area (TPSA) is 121 Å². The Kier molecular flexibility index (Phi) is 4.18. The molecule has 0 spiro atoms. The first kappa shape index (κ1) is 16.2. The minimum atomic E-state index is -0.643. The van der Waals surface area contributed by atoms with Crippen molar-refractivity contribution in [3.05, 3.63) is 62.6 Å². The van der Waals surface area contributed by atoms with Gasteiger partial charge in [-0.05, 0) is 0 Å². The van der Waals surface area contributed by atoms with Gasteiger partial charge >= 0.3 is 5.69 Å². The summed E-state index contributed by atoms with van der Waals surface area (Å²) in [5, 5.41) is 19.1. The molecule has 0 amide bonds. The molecule has 25 heavy (non-hydrogen) atoms. The summed E-state index contributed by atoms with van der Waals surface area (Å²) in [6.45, 7) is 0.176. The van der Waals surface area contributed by atoms with Crippen LogP contribution in [0.2, 0.25) is 0 Å². The van der Waals surface area contributed by atoms with Crippen LogP contribution in [0.1, 0.15) is 11.4 Å². The summed E-state index contributed by atoms with van der Waals surface area (Å²) >= 11 is 0. The van der Waals surface area contributed by atoms with Crippen LogP contribution in [0.3, 0.4) is 0 Å². The summed E-state index contributed by atoms with van der Waals surface area (Å²) in [5.74, 6) is 1.19. The first-order valence-corrected chi connectivity index (χ1v) is 7.43. The SMILES string of the molecule is Cn1c(NCc2nc(-c3ccccc3)n[nH]2)c(C#N)c(=O)n(C)c1=O. The van der Waals surface area contributed by atoms with Gasteiger partial charge in [-0.3, -0.25) is 19.0 Å². The lowest BCUT2D eigenvalue weighted by molar-refractivity contribution is 0.684. The molecule has 126 valence electrons. The standard InChI is InChI=1S/C16H15N7O2/c1-22-14(11(8-17)15(24)23(2)16(22)25)18-9-12-19-13(21-20-12)10-6-4-3-5-7-10/h3-7,18H,9H2,1-2H3,(H,19,20,21). The van der Waals surface area contributed by atoms with Gasteiger partial charge < -0.3 is 5.32 Å². The van der Waals surface area contributed by atoms with E-state index in [1.54, 1.807) is 0 Å². The van der Waals surface area contributed by atoms with E-state index >= 15 is 0 Å². The maximum atomic E-state index is 12.0. The quantitative estimate of drug-likeness (QED) is 0.708. The predicted octanol–water partition coefficient (Wildman–Crippen LogP) is 0.353. The predicted molar refractivity (Wildman–Crippen MR) is 90.8 cm³/mol. The van der Waals surface area contributed by atoms with Gasteiger partial charge in [0, 0.05) is 19.7 Å². The molecule has 2 heterocycles. The van der Waals surface area contributed by atoms with Gasteiger partial charge in [-0.1, -0.05) is 30.3 Å². The van der Waals surface area contributed by atoms with E-state index in [1.807, 2.05) is 36.4 Å². The Morgan fingerprint density at radius 2 is 1.92 bits per heavy atom. The van der Waals surface area contributed by atoms with Crippen molar-refractivity contribution < 1.29 is 0 Å². The number of hydrogen-bond acceptors (Lipinski definition) is 6. The van der Waals surface area contributed by atoms with E-state index in [2.05, 4.69) is 20.5 Å². The van der Waals surface area contributed by atoms with Crippen molar-refractivity contribution in [3.8, 4) is 17.5 Å². The lowest BCUT2D eigenvalue weighted by atomic mass is 10.2. The van der Waals surface area contributed by atoms with Crippen LogP contribution in [0.25, 0.3) is 11.4 Å². The molecule has 0 unspecified atom stereocenters. The molecule has 9 nitrogen and oxygen atoms in total. The molecule has 0 radical (unpaired) electrons. The molecule has 0 saturated carbocycles. The maximum absolute atomic E-state index is 12.0. The van der Waals surface area contributed by atoms with Crippen molar-refractivity contribution in [1.82, 2.24) is 24.3 Å². The summed E-state index contributed by atoms with van der Waals surface area (Å²) < 4.78 is 2.11. The van der Waals surface area contributed by atoms with E-state index in [-0.39, 0.29) is 17.9 Å². The first-order chi connectivity index (χ1) is 12.0. The van der Waals surface area contributed by atoms with Crippen LogP contribution in [-0.4, -0.2) is 24.3 Å². The van der Waals surface area contributed by atoms with Crippen LogP contribution in [-0.2, 0) is 20.6 Å². The summed E-state index contributed by atoms with van der Waals surface area (Å²) in [5.41, 5.74) is -0.430. The Bertz CT molecular complexity index is 1070. The van der Waals surface area contributed by atoms with Crippen molar-refractivity contribution in [1.29, 1.82) is 5.26 Å². The molecule has 2 aromatic heterocycles. The second kappa shape index (κ2) is 6.45. The van der Waals surface area contributed by atoms with Gasteiger partial charge in [0.15, 0.2) is 11.4 Å². The normalized spacial score (nSPS) is 10.4. The van der Waals surface area contributed by atoms with Crippen molar-refractivity contribution in [2.75, 3.05) is 5.32 Å². The third-order valence-corrected chi connectivity index (χ3v) is 3.76. The Hall–Kier alpha value is -3.67. The molecule has 0 atom stereocenters. The molecule has 9 heteroatoms. The second-order valence-electron chi connectivity index (χ2n) is 5.37. The molecule has 3 aromatic rings. The van der Waals surface area contributed by atoms with Gasteiger partial charge in [0.25, 0.3) is 5.56 Å². The first-order valence-electron chi connectivity index (χ1n) is 7.43. The van der Waals surface area contributed by atoms with Crippen molar-refractivity contribution in [2.45, 2.75) is 6.54 Å². The number of nitriles is 1. The Morgan fingerprint density at radius 1 is 1.20 bits per heavy atom. The molecule has 0 aliphatic carbocycles. The van der Waals surface area contributed by atoms with Gasteiger partial charge in [-0.15, -0.1) is 0 Å². The highest BCUT2D eigenvalue weighted by atomic mass is 16.2. The van der Waals surface area contributed by atoms with Crippen LogP contribution in [0.5, 0.6) is 0 Å². The van der Waals surface area contributed by atoms with E-state index in [0.29, 0.717) is 11.6 Å². The number of hydrogen-bond donors (Lipinski definition) is 2. The fourth-order valence-corrected chi connectivity index (χ4v) is 2.41. The van der Waals surface area contributed by atoms with Crippen molar-refractivity contribution in [3.63, 3.8) is 0 Å². The van der Waals surface area contributed by atoms with Crippen LogP contribution in [0, 0.1) is 11.3 Å². The number of aromatic nitrogens is 5. The van der Waals surface area contributed by atoms with Gasteiger partial charge in [-0.25, -0.2) is 9.78 Å². The molecule has 0 bridgehead atoms. The highest BCUT2D eigenvalue weighted by Gasteiger charge is 2.15. The molecule has 0 saturated heterocycles. The maximum Gasteiger partial charge on any atom is 0.332 e. The summed E-state index contributed by atoms with van der Waals surface area (Å²) in [6.07, 6.45) is 0. The van der Waals surface area contributed by atoms with Gasteiger partial charge in [0.2, 0.25) is 0 Å². The van der Waals surface area contributed by atoms with Crippen LogP contribution in [0.4, 0.5) is 5.82 Å². The molecular formula is C16H15N7O2. The molecule has 0 aliphatic heterocycles. The molecule has 0 aliphatic rings. The van der Waals surface area contributed by atoms with Crippen molar-refractivity contribution in [2.24, 2.45) is 14.1 Å². The Labute approximate surface area is 142 Å². The minimum Gasteiger partial charge on any atom is -0.363 e. The number of anilines is 1. The lowest BCUT2D eigenvalue weighted by Crippen LogP contribution is -2.39. The second-order valence-corrected chi connectivity index (χ2v) is 5.37. The lowest BCUT2D eigenvalue weighted by Gasteiger charge is -2.12. The van der Waals surface area contributed by atoms with E-state index in [1.165, 1.54) is 18.7 Å². The fourth-order valence-electron chi connectivity index (χ4n) is 2.41. The third-order valence-electron chi connectivity index (χ3n) is 3.76. The zero-order valence-corrected chi connectivity index (χ0v) is 13.6. The van der Waals surface area contributed by atoms with Gasteiger partial charge in [0.1, 0.15) is 17.7 Å². The van der Waals surface area contributed by atoms with Crippen LogP contribution >= 0.6 is 0 Å². The molecular weight excluding hydrogens is 322 g/mol. The monoisotopic (exact) mass is 337 g/mol. The molecule has 3 rings (SSSR count). The zero-order valence-electron chi connectivity index (χ0n) is 13.6. The number of aromatic amines is 1. The number of benzene rings is 1. The highest BCUT2D eigenvalue weighted by Crippen LogP contribution is 2.14. The number of H-pyrrole nitrogens is 1. The number of nitrogens with one attached hydrogen (secondary N) is 2. The van der Waals surface area contributed by atoms with Gasteiger partial charge in [0.05, 0.1) is 6.54 Å². The smallest absolute Gasteiger partial charge is 0.332 e. The minimum absolute atomic E-state index is 0.132. The number of nitrogens with zero attached hydrogens (tertiary/aromatic N) is 5. The average Bonchev–Trinajstić information content (AvgIpc) is 3.11. The largest absolute Gasteiger partial charge is 0.363 e. The Balaban J connectivity index is 1.89. The molecule has 1 aromatic carbocycles. The third kappa shape index (κ3) is 2.92. The molecule has 0 fully saturated rings. The Morgan fingerprint density at radius 3 is 2.60 bits per heavy atom. The van der Waals surface area contributed by atoms with Crippen LogP contribution < -0.4 is 16.6 Å². The van der Waals surface area contributed by atoms with Crippen LogP contribution in [0.15, 0.2) is 39.9 Å².